The highest BCUT2D eigenvalue weighted by Crippen LogP contribution is 2.36. The Kier molecular flexibility index (Phi) is 4.24. The number of hydrogen-bond acceptors (Lipinski definition) is 3. The molecule has 5 heteroatoms. The Labute approximate surface area is 121 Å². The first-order valence-electron chi connectivity index (χ1n) is 5.96. The molecule has 1 atom stereocenters. The fourth-order valence-corrected chi connectivity index (χ4v) is 3.38. The fourth-order valence-electron chi connectivity index (χ4n) is 2.18. The molecule has 0 saturated carbocycles. The molecule has 0 saturated heterocycles. The standard InChI is InChI=1S/C14H15ClN2OS/c1-2-17-14(13(16)18,12-8-5-9-19-12)10-6-3-4-7-11(10)15/h3-9,17H,2H2,1H3,(H2,16,18). The molecule has 0 aliphatic heterocycles. The van der Waals surface area contributed by atoms with E-state index in [9.17, 15) is 4.79 Å². The van der Waals surface area contributed by atoms with Crippen molar-refractivity contribution in [1.29, 1.82) is 0 Å². The molecule has 0 bridgehead atoms. The van der Waals surface area contributed by atoms with Crippen LogP contribution in [0.5, 0.6) is 0 Å². The summed E-state index contributed by atoms with van der Waals surface area (Å²) in [5, 5.41) is 5.65. The molecule has 2 aromatic rings. The molecular formula is C14H15ClN2OS. The first kappa shape index (κ1) is 14.1. The van der Waals surface area contributed by atoms with Gasteiger partial charge in [0.25, 0.3) is 0 Å². The Morgan fingerprint density at radius 2 is 2.11 bits per heavy atom. The zero-order chi connectivity index (χ0) is 13.9. The number of carbonyl (C=O) groups is 1. The van der Waals surface area contributed by atoms with E-state index in [-0.39, 0.29) is 0 Å². The number of thiophene rings is 1. The maximum Gasteiger partial charge on any atom is 0.247 e. The van der Waals surface area contributed by atoms with Gasteiger partial charge in [-0.2, -0.15) is 0 Å². The molecule has 0 radical (unpaired) electrons. The van der Waals surface area contributed by atoms with Crippen LogP contribution in [-0.4, -0.2) is 12.5 Å². The van der Waals surface area contributed by atoms with Gasteiger partial charge >= 0.3 is 0 Å². The molecular weight excluding hydrogens is 280 g/mol. The minimum atomic E-state index is -1.07. The van der Waals surface area contributed by atoms with Crippen molar-refractivity contribution >= 4 is 28.8 Å². The number of benzene rings is 1. The van der Waals surface area contributed by atoms with E-state index in [4.69, 9.17) is 17.3 Å². The van der Waals surface area contributed by atoms with Crippen molar-refractivity contribution in [3.05, 3.63) is 57.2 Å². The van der Waals surface area contributed by atoms with E-state index in [2.05, 4.69) is 5.32 Å². The molecule has 0 fully saturated rings. The van der Waals surface area contributed by atoms with Crippen molar-refractivity contribution in [2.24, 2.45) is 5.73 Å². The van der Waals surface area contributed by atoms with Crippen LogP contribution in [0.25, 0.3) is 0 Å². The third-order valence-corrected chi connectivity index (χ3v) is 4.30. The van der Waals surface area contributed by atoms with Crippen LogP contribution in [0.1, 0.15) is 17.4 Å². The number of nitrogens with two attached hydrogens (primary N) is 1. The minimum Gasteiger partial charge on any atom is -0.367 e. The number of carbonyl (C=O) groups excluding carboxylic acids is 1. The van der Waals surface area contributed by atoms with Gasteiger partial charge in [-0.05, 0) is 24.1 Å². The maximum absolute atomic E-state index is 12.2. The first-order valence-corrected chi connectivity index (χ1v) is 7.22. The summed E-state index contributed by atoms with van der Waals surface area (Å²) in [6.45, 7) is 2.54. The van der Waals surface area contributed by atoms with Crippen LogP contribution in [0, 0.1) is 0 Å². The molecule has 1 unspecified atom stereocenters. The monoisotopic (exact) mass is 294 g/mol. The molecule has 2 rings (SSSR count). The summed E-state index contributed by atoms with van der Waals surface area (Å²) < 4.78 is 0. The fraction of sp³-hybridized carbons (Fsp3) is 0.214. The van der Waals surface area contributed by atoms with Gasteiger partial charge in [0.05, 0.1) is 0 Å². The van der Waals surface area contributed by atoms with Crippen LogP contribution >= 0.6 is 22.9 Å². The smallest absolute Gasteiger partial charge is 0.247 e. The summed E-state index contributed by atoms with van der Waals surface area (Å²) in [5.41, 5.74) is 5.32. The normalized spacial score (nSPS) is 14.0. The van der Waals surface area contributed by atoms with Gasteiger partial charge in [-0.15, -0.1) is 11.3 Å². The number of primary amides is 1. The second kappa shape index (κ2) is 5.74. The molecule has 0 aliphatic carbocycles. The zero-order valence-electron chi connectivity index (χ0n) is 10.5. The summed E-state index contributed by atoms with van der Waals surface area (Å²) in [4.78, 5) is 13.0. The number of halogens is 1. The Bertz CT molecular complexity index is 571. The molecule has 3 N–H and O–H groups in total. The van der Waals surface area contributed by atoms with Gasteiger partial charge < -0.3 is 5.73 Å². The predicted octanol–water partition coefficient (Wildman–Crippen LogP) is 2.74. The van der Waals surface area contributed by atoms with Crippen molar-refractivity contribution in [3.8, 4) is 0 Å². The molecule has 3 nitrogen and oxygen atoms in total. The van der Waals surface area contributed by atoms with Gasteiger partial charge in [-0.1, -0.05) is 42.8 Å². The Balaban J connectivity index is 2.70. The highest BCUT2D eigenvalue weighted by molar-refractivity contribution is 7.10. The van der Waals surface area contributed by atoms with Crippen molar-refractivity contribution in [3.63, 3.8) is 0 Å². The van der Waals surface area contributed by atoms with E-state index in [1.807, 2.05) is 42.6 Å². The van der Waals surface area contributed by atoms with Crippen LogP contribution in [-0.2, 0) is 10.3 Å². The van der Waals surface area contributed by atoms with Gasteiger partial charge in [0.15, 0.2) is 5.54 Å². The zero-order valence-corrected chi connectivity index (χ0v) is 12.1. The summed E-state index contributed by atoms with van der Waals surface area (Å²) in [6.07, 6.45) is 0. The topological polar surface area (TPSA) is 55.1 Å². The van der Waals surface area contributed by atoms with Crippen molar-refractivity contribution in [1.82, 2.24) is 5.32 Å². The van der Waals surface area contributed by atoms with Gasteiger partial charge in [0.2, 0.25) is 5.91 Å². The molecule has 1 amide bonds. The summed E-state index contributed by atoms with van der Waals surface area (Å²) >= 11 is 7.74. The van der Waals surface area contributed by atoms with Crippen molar-refractivity contribution < 1.29 is 4.79 Å². The van der Waals surface area contributed by atoms with E-state index in [1.165, 1.54) is 11.3 Å². The Hall–Kier alpha value is -1.36. The predicted molar refractivity (Wildman–Crippen MR) is 79.4 cm³/mol. The minimum absolute atomic E-state index is 0.454. The average Bonchev–Trinajstić information content (AvgIpc) is 2.90. The molecule has 100 valence electrons. The van der Waals surface area contributed by atoms with Gasteiger partial charge in [0.1, 0.15) is 0 Å². The highest BCUT2D eigenvalue weighted by Gasteiger charge is 2.42. The van der Waals surface area contributed by atoms with E-state index in [1.54, 1.807) is 6.07 Å². The van der Waals surface area contributed by atoms with Gasteiger partial charge in [-0.25, -0.2) is 0 Å². The Morgan fingerprint density at radius 1 is 1.37 bits per heavy atom. The highest BCUT2D eigenvalue weighted by atomic mass is 35.5. The van der Waals surface area contributed by atoms with Crippen LogP contribution in [0.3, 0.4) is 0 Å². The van der Waals surface area contributed by atoms with Gasteiger partial charge in [-0.3, -0.25) is 10.1 Å². The second-order valence-electron chi connectivity index (χ2n) is 4.10. The van der Waals surface area contributed by atoms with E-state index in [0.717, 1.165) is 4.88 Å². The number of amides is 1. The molecule has 19 heavy (non-hydrogen) atoms. The van der Waals surface area contributed by atoms with Crippen LogP contribution in [0.2, 0.25) is 5.02 Å². The van der Waals surface area contributed by atoms with Crippen molar-refractivity contribution in [2.45, 2.75) is 12.5 Å². The lowest BCUT2D eigenvalue weighted by Gasteiger charge is -2.31. The number of likely N-dealkylation sites (N-methyl/N-ethyl adjacent to an activating group) is 1. The summed E-state index contributed by atoms with van der Waals surface area (Å²) in [7, 11) is 0. The molecule has 1 aromatic carbocycles. The summed E-state index contributed by atoms with van der Waals surface area (Å²) in [5.74, 6) is -0.454. The quantitative estimate of drug-likeness (QED) is 0.891. The van der Waals surface area contributed by atoms with E-state index < -0.39 is 11.4 Å². The third-order valence-electron chi connectivity index (χ3n) is 2.98. The second-order valence-corrected chi connectivity index (χ2v) is 5.46. The maximum atomic E-state index is 12.2. The van der Waals surface area contributed by atoms with Crippen LogP contribution in [0.15, 0.2) is 41.8 Å². The van der Waals surface area contributed by atoms with Crippen LogP contribution in [0.4, 0.5) is 0 Å². The van der Waals surface area contributed by atoms with E-state index in [0.29, 0.717) is 17.1 Å². The number of hydrogen-bond donors (Lipinski definition) is 2. The third kappa shape index (κ3) is 2.39. The van der Waals surface area contributed by atoms with Crippen LogP contribution < -0.4 is 11.1 Å². The lowest BCUT2D eigenvalue weighted by molar-refractivity contribution is -0.123. The van der Waals surface area contributed by atoms with E-state index >= 15 is 0 Å². The average molecular weight is 295 g/mol. The lowest BCUT2D eigenvalue weighted by atomic mass is 9.87. The lowest BCUT2D eigenvalue weighted by Crippen LogP contribution is -2.53. The largest absolute Gasteiger partial charge is 0.367 e. The first-order chi connectivity index (χ1) is 9.13. The molecule has 1 heterocycles. The SMILES string of the molecule is CCNC(C(N)=O)(c1cccs1)c1ccccc1Cl. The molecule has 0 spiro atoms. The summed E-state index contributed by atoms with van der Waals surface area (Å²) in [6, 6.07) is 11.1. The Morgan fingerprint density at radius 3 is 2.63 bits per heavy atom. The molecule has 1 aromatic heterocycles. The number of rotatable bonds is 5. The molecule has 0 aliphatic rings. The van der Waals surface area contributed by atoms with Gasteiger partial charge in [0, 0.05) is 15.5 Å². The van der Waals surface area contributed by atoms with Crippen molar-refractivity contribution in [2.75, 3.05) is 6.54 Å². The number of nitrogens with one attached hydrogen (secondary N) is 1.